The SMILES string of the molecule is CC12CCC(C1)C(C)(C)C2NC(CC#N)c1ccccc1. The summed E-state index contributed by atoms with van der Waals surface area (Å²) in [6, 6.07) is 13.5. The summed E-state index contributed by atoms with van der Waals surface area (Å²) in [6.45, 7) is 7.26. The van der Waals surface area contributed by atoms with Crippen LogP contribution in [0, 0.1) is 28.1 Å². The number of nitrogens with one attached hydrogen (secondary N) is 1. The van der Waals surface area contributed by atoms with Gasteiger partial charge in [0, 0.05) is 12.1 Å². The Hall–Kier alpha value is -1.33. The van der Waals surface area contributed by atoms with Crippen LogP contribution < -0.4 is 5.32 Å². The molecule has 4 atom stereocenters. The smallest absolute Gasteiger partial charge is 0.0641 e. The van der Waals surface area contributed by atoms with Gasteiger partial charge in [0.05, 0.1) is 12.5 Å². The molecule has 1 N–H and O–H groups in total. The number of hydrogen-bond acceptors (Lipinski definition) is 2. The Bertz CT molecular complexity index is 538. The topological polar surface area (TPSA) is 35.8 Å². The lowest BCUT2D eigenvalue weighted by molar-refractivity contribution is 0.0986. The number of hydrogen-bond donors (Lipinski definition) is 1. The van der Waals surface area contributed by atoms with Crippen molar-refractivity contribution in [3.05, 3.63) is 35.9 Å². The lowest BCUT2D eigenvalue weighted by Crippen LogP contribution is -2.51. The summed E-state index contributed by atoms with van der Waals surface area (Å²) in [4.78, 5) is 0. The molecule has 0 saturated heterocycles. The van der Waals surface area contributed by atoms with Crippen LogP contribution in [0.1, 0.15) is 58.1 Å². The molecule has 2 saturated carbocycles. The molecular weight excluding hydrogens is 256 g/mol. The number of rotatable bonds is 4. The molecule has 4 unspecified atom stereocenters. The molecule has 2 heteroatoms. The maximum absolute atomic E-state index is 9.21. The van der Waals surface area contributed by atoms with Gasteiger partial charge >= 0.3 is 0 Å². The summed E-state index contributed by atoms with van der Waals surface area (Å²) in [5.41, 5.74) is 1.97. The van der Waals surface area contributed by atoms with E-state index in [1.54, 1.807) is 0 Å². The van der Waals surface area contributed by atoms with E-state index in [-0.39, 0.29) is 6.04 Å². The molecule has 0 radical (unpaired) electrons. The largest absolute Gasteiger partial charge is 0.305 e. The van der Waals surface area contributed by atoms with E-state index in [1.165, 1.54) is 24.8 Å². The molecule has 0 spiro atoms. The molecule has 21 heavy (non-hydrogen) atoms. The zero-order valence-electron chi connectivity index (χ0n) is 13.4. The second kappa shape index (κ2) is 5.14. The quantitative estimate of drug-likeness (QED) is 0.886. The number of fused-ring (bicyclic) bond motifs is 2. The maximum Gasteiger partial charge on any atom is 0.0641 e. The third-order valence-corrected chi connectivity index (χ3v) is 6.13. The van der Waals surface area contributed by atoms with Crippen molar-refractivity contribution in [3.63, 3.8) is 0 Å². The minimum atomic E-state index is 0.150. The first kappa shape index (κ1) is 14.6. The van der Waals surface area contributed by atoms with Gasteiger partial charge in [0.1, 0.15) is 0 Å². The summed E-state index contributed by atoms with van der Waals surface area (Å²) in [5.74, 6) is 0.832. The molecule has 2 fully saturated rings. The maximum atomic E-state index is 9.21. The minimum Gasteiger partial charge on any atom is -0.305 e. The molecule has 2 nitrogen and oxygen atoms in total. The molecule has 2 bridgehead atoms. The van der Waals surface area contributed by atoms with Crippen molar-refractivity contribution in [2.75, 3.05) is 0 Å². The van der Waals surface area contributed by atoms with Crippen molar-refractivity contribution < 1.29 is 0 Å². The van der Waals surface area contributed by atoms with Crippen molar-refractivity contribution in [1.29, 1.82) is 5.26 Å². The summed E-state index contributed by atoms with van der Waals surface area (Å²) in [7, 11) is 0. The molecule has 2 aliphatic carbocycles. The summed E-state index contributed by atoms with van der Waals surface area (Å²) >= 11 is 0. The van der Waals surface area contributed by atoms with Crippen LogP contribution >= 0.6 is 0 Å². The molecule has 112 valence electrons. The van der Waals surface area contributed by atoms with Gasteiger partial charge < -0.3 is 5.32 Å². The van der Waals surface area contributed by atoms with Crippen molar-refractivity contribution in [3.8, 4) is 6.07 Å². The Balaban J connectivity index is 1.85. The fraction of sp³-hybridized carbons (Fsp3) is 0.632. The van der Waals surface area contributed by atoms with Crippen LogP contribution in [-0.2, 0) is 0 Å². The normalized spacial score (nSPS) is 34.6. The van der Waals surface area contributed by atoms with Gasteiger partial charge in [-0.25, -0.2) is 0 Å². The van der Waals surface area contributed by atoms with E-state index in [4.69, 9.17) is 0 Å². The van der Waals surface area contributed by atoms with E-state index in [0.29, 0.717) is 23.3 Å². The van der Waals surface area contributed by atoms with Crippen LogP contribution in [0.3, 0.4) is 0 Å². The molecule has 0 aromatic heterocycles. The predicted molar refractivity (Wildman–Crippen MR) is 85.6 cm³/mol. The lowest BCUT2D eigenvalue weighted by atomic mass is 9.68. The number of nitriles is 1. The Morgan fingerprint density at radius 2 is 2.00 bits per heavy atom. The van der Waals surface area contributed by atoms with Gasteiger partial charge in [-0.05, 0) is 41.6 Å². The summed E-state index contributed by atoms with van der Waals surface area (Å²) in [5, 5.41) is 13.1. The van der Waals surface area contributed by atoms with Gasteiger partial charge in [-0.3, -0.25) is 0 Å². The van der Waals surface area contributed by atoms with Crippen molar-refractivity contribution >= 4 is 0 Å². The zero-order valence-corrected chi connectivity index (χ0v) is 13.4. The average Bonchev–Trinajstić information content (AvgIpc) is 2.94. The van der Waals surface area contributed by atoms with Gasteiger partial charge in [-0.2, -0.15) is 5.26 Å². The second-order valence-corrected chi connectivity index (χ2v) is 7.84. The van der Waals surface area contributed by atoms with Crippen LogP contribution in [0.5, 0.6) is 0 Å². The third kappa shape index (κ3) is 2.38. The minimum absolute atomic E-state index is 0.150. The highest BCUT2D eigenvalue weighted by molar-refractivity contribution is 5.22. The number of nitrogens with zero attached hydrogens (tertiary/aromatic N) is 1. The summed E-state index contributed by atoms with van der Waals surface area (Å²) < 4.78 is 0. The van der Waals surface area contributed by atoms with E-state index in [1.807, 2.05) is 6.07 Å². The van der Waals surface area contributed by atoms with E-state index >= 15 is 0 Å². The third-order valence-electron chi connectivity index (χ3n) is 6.13. The van der Waals surface area contributed by atoms with Gasteiger partial charge in [-0.15, -0.1) is 0 Å². The lowest BCUT2D eigenvalue weighted by Gasteiger charge is -2.45. The van der Waals surface area contributed by atoms with E-state index in [2.05, 4.69) is 56.4 Å². The molecule has 0 heterocycles. The molecule has 2 aliphatic rings. The van der Waals surface area contributed by atoms with Gasteiger partial charge in [0.15, 0.2) is 0 Å². The average molecular weight is 282 g/mol. The molecule has 0 amide bonds. The Kier molecular flexibility index (Phi) is 3.58. The zero-order chi connectivity index (χ0) is 15.1. The standard InChI is InChI=1S/C19H26N2/c1-18(2)15-9-11-19(3,13-15)17(18)21-16(10-12-20)14-7-5-4-6-8-14/h4-8,15-17,21H,9-11,13H2,1-3H3. The highest BCUT2D eigenvalue weighted by Gasteiger charge is 2.59. The Morgan fingerprint density at radius 1 is 1.29 bits per heavy atom. The van der Waals surface area contributed by atoms with E-state index < -0.39 is 0 Å². The fourth-order valence-electron chi connectivity index (χ4n) is 4.97. The Labute approximate surface area is 128 Å². The van der Waals surface area contributed by atoms with Crippen LogP contribution in [-0.4, -0.2) is 6.04 Å². The first-order chi connectivity index (χ1) is 9.97. The second-order valence-electron chi connectivity index (χ2n) is 7.84. The van der Waals surface area contributed by atoms with E-state index in [0.717, 1.165) is 5.92 Å². The van der Waals surface area contributed by atoms with Gasteiger partial charge in [0.2, 0.25) is 0 Å². The van der Waals surface area contributed by atoms with Crippen molar-refractivity contribution in [2.45, 2.75) is 58.5 Å². The molecule has 1 aromatic rings. The molecule has 3 rings (SSSR count). The highest BCUT2D eigenvalue weighted by Crippen LogP contribution is 2.62. The molecule has 1 aromatic carbocycles. The van der Waals surface area contributed by atoms with Crippen LogP contribution in [0.25, 0.3) is 0 Å². The van der Waals surface area contributed by atoms with E-state index in [9.17, 15) is 5.26 Å². The molecular formula is C19H26N2. The molecule has 0 aliphatic heterocycles. The summed E-state index contributed by atoms with van der Waals surface area (Å²) in [6.07, 6.45) is 4.58. The van der Waals surface area contributed by atoms with Crippen LogP contribution in [0.2, 0.25) is 0 Å². The van der Waals surface area contributed by atoms with Gasteiger partial charge in [-0.1, -0.05) is 51.1 Å². The number of benzene rings is 1. The van der Waals surface area contributed by atoms with Crippen LogP contribution in [0.15, 0.2) is 30.3 Å². The highest BCUT2D eigenvalue weighted by atomic mass is 15.0. The first-order valence-corrected chi connectivity index (χ1v) is 8.15. The Morgan fingerprint density at radius 3 is 2.57 bits per heavy atom. The fourth-order valence-corrected chi connectivity index (χ4v) is 4.97. The van der Waals surface area contributed by atoms with Gasteiger partial charge in [0.25, 0.3) is 0 Å². The monoisotopic (exact) mass is 282 g/mol. The predicted octanol–water partition coefficient (Wildman–Crippen LogP) is 4.45. The van der Waals surface area contributed by atoms with Crippen LogP contribution in [0.4, 0.5) is 0 Å². The first-order valence-electron chi connectivity index (χ1n) is 8.15. The van der Waals surface area contributed by atoms with Crippen molar-refractivity contribution in [2.24, 2.45) is 16.7 Å². The van der Waals surface area contributed by atoms with Crippen molar-refractivity contribution in [1.82, 2.24) is 5.32 Å².